The number of hydrogen-bond donors (Lipinski definition) is 3. The number of carbonyl (C=O) groups excluding carboxylic acids is 1. The van der Waals surface area contributed by atoms with Crippen LogP contribution < -0.4 is 10.6 Å². The molecule has 0 spiro atoms. The second kappa shape index (κ2) is 8.62. The third kappa shape index (κ3) is 4.69. The molecule has 0 radical (unpaired) electrons. The number of alkyl carbamates (subject to hydrolysis) is 1. The topological polar surface area (TPSA) is 109 Å². The quantitative estimate of drug-likeness (QED) is 0.402. The van der Waals surface area contributed by atoms with Crippen LogP contribution in [0.15, 0.2) is 36.5 Å². The zero-order chi connectivity index (χ0) is 23.9. The molecule has 0 aliphatic heterocycles. The van der Waals surface area contributed by atoms with Crippen molar-refractivity contribution in [3.05, 3.63) is 42.2 Å². The van der Waals surface area contributed by atoms with E-state index < -0.39 is 5.60 Å². The average molecular weight is 462 g/mol. The Balaban J connectivity index is 1.26. The molecule has 0 saturated heterocycles. The summed E-state index contributed by atoms with van der Waals surface area (Å²) in [6.45, 7) is 7.62. The number of ether oxygens (including phenoxy) is 1. The smallest absolute Gasteiger partial charge is 0.407 e. The van der Waals surface area contributed by atoms with Crippen molar-refractivity contribution in [2.75, 3.05) is 5.32 Å². The molecular weight excluding hydrogens is 430 g/mol. The van der Waals surface area contributed by atoms with Gasteiger partial charge in [-0.25, -0.2) is 14.3 Å². The molecule has 34 heavy (non-hydrogen) atoms. The standard InChI is InChI=1S/C25H31N7O2/c1-15-19-13-16(5-10-20(19)30-29-15)21-14-26-23-12-11-22(31-32(21)23)27-17-6-8-18(9-7-17)28-24(33)34-25(2,3)4/h5,10-14,17-18H,6-9H2,1-4H3,(H,27,31)(H,28,33)(H,29,30)/t17-,18-. The van der Waals surface area contributed by atoms with Crippen LogP contribution in [0.25, 0.3) is 27.8 Å². The van der Waals surface area contributed by atoms with Crippen molar-refractivity contribution in [1.82, 2.24) is 30.1 Å². The molecule has 3 aromatic heterocycles. The third-order valence-corrected chi connectivity index (χ3v) is 6.21. The summed E-state index contributed by atoms with van der Waals surface area (Å²) < 4.78 is 7.26. The fourth-order valence-electron chi connectivity index (χ4n) is 4.52. The SMILES string of the molecule is Cc1n[nH]c2ccc(-c3cnc4ccc(N[C@H]5CC[C@H](NC(=O)OC(C)(C)C)CC5)nn34)cc12. The Morgan fingerprint density at radius 3 is 2.65 bits per heavy atom. The number of imidazole rings is 1. The van der Waals surface area contributed by atoms with Gasteiger partial charge in [0.1, 0.15) is 11.4 Å². The molecule has 1 aliphatic carbocycles. The van der Waals surface area contributed by atoms with Gasteiger partial charge in [-0.3, -0.25) is 5.10 Å². The van der Waals surface area contributed by atoms with Crippen LogP contribution >= 0.6 is 0 Å². The molecule has 0 bridgehead atoms. The molecule has 1 amide bonds. The second-order valence-corrected chi connectivity index (χ2v) is 10.0. The van der Waals surface area contributed by atoms with Crippen LogP contribution in [0.4, 0.5) is 10.6 Å². The number of H-pyrrole nitrogens is 1. The predicted molar refractivity (Wildman–Crippen MR) is 132 cm³/mol. The highest BCUT2D eigenvalue weighted by Gasteiger charge is 2.25. The lowest BCUT2D eigenvalue weighted by Crippen LogP contribution is -2.42. The van der Waals surface area contributed by atoms with E-state index in [0.717, 1.165) is 65.0 Å². The fourth-order valence-corrected chi connectivity index (χ4v) is 4.52. The lowest BCUT2D eigenvalue weighted by molar-refractivity contribution is 0.0492. The number of aromatic amines is 1. The van der Waals surface area contributed by atoms with Gasteiger partial charge < -0.3 is 15.4 Å². The summed E-state index contributed by atoms with van der Waals surface area (Å²) in [5.74, 6) is 0.816. The van der Waals surface area contributed by atoms with Gasteiger partial charge in [0.2, 0.25) is 0 Å². The van der Waals surface area contributed by atoms with Crippen LogP contribution in [0.1, 0.15) is 52.1 Å². The van der Waals surface area contributed by atoms with Gasteiger partial charge in [0.25, 0.3) is 0 Å². The molecule has 1 saturated carbocycles. The maximum atomic E-state index is 12.0. The van der Waals surface area contributed by atoms with E-state index in [-0.39, 0.29) is 12.1 Å². The average Bonchev–Trinajstić information content (AvgIpc) is 3.37. The lowest BCUT2D eigenvalue weighted by Gasteiger charge is -2.30. The fraction of sp³-hybridized carbons (Fsp3) is 0.440. The van der Waals surface area contributed by atoms with Gasteiger partial charge in [-0.15, -0.1) is 5.10 Å². The minimum absolute atomic E-state index is 0.143. The molecule has 3 N–H and O–H groups in total. The van der Waals surface area contributed by atoms with Crippen molar-refractivity contribution in [2.45, 2.75) is 71.1 Å². The number of nitrogens with zero attached hydrogens (tertiary/aromatic N) is 4. The van der Waals surface area contributed by atoms with Gasteiger partial charge >= 0.3 is 6.09 Å². The largest absolute Gasteiger partial charge is 0.444 e. The number of nitrogens with one attached hydrogen (secondary N) is 3. The summed E-state index contributed by atoms with van der Waals surface area (Å²) in [5.41, 5.74) is 4.28. The second-order valence-electron chi connectivity index (χ2n) is 10.0. The van der Waals surface area contributed by atoms with Crippen molar-refractivity contribution >= 4 is 28.5 Å². The summed E-state index contributed by atoms with van der Waals surface area (Å²) >= 11 is 0. The summed E-state index contributed by atoms with van der Waals surface area (Å²) in [6, 6.07) is 10.6. The molecule has 0 atom stereocenters. The Morgan fingerprint density at radius 1 is 1.12 bits per heavy atom. The minimum Gasteiger partial charge on any atom is -0.444 e. The predicted octanol–water partition coefficient (Wildman–Crippen LogP) is 4.83. The van der Waals surface area contributed by atoms with E-state index in [1.807, 2.05) is 56.6 Å². The third-order valence-electron chi connectivity index (χ3n) is 6.21. The molecule has 9 nitrogen and oxygen atoms in total. The van der Waals surface area contributed by atoms with E-state index in [2.05, 4.69) is 37.9 Å². The highest BCUT2D eigenvalue weighted by Crippen LogP contribution is 2.27. The van der Waals surface area contributed by atoms with E-state index in [0.29, 0.717) is 6.04 Å². The number of anilines is 1. The minimum atomic E-state index is -0.484. The first-order valence-electron chi connectivity index (χ1n) is 11.8. The summed E-state index contributed by atoms with van der Waals surface area (Å²) in [4.78, 5) is 16.6. The van der Waals surface area contributed by atoms with Gasteiger partial charge in [0.05, 0.1) is 23.1 Å². The Kier molecular flexibility index (Phi) is 5.63. The monoisotopic (exact) mass is 461 g/mol. The van der Waals surface area contributed by atoms with Gasteiger partial charge in [-0.1, -0.05) is 6.07 Å². The molecule has 178 valence electrons. The molecule has 9 heteroatoms. The van der Waals surface area contributed by atoms with Crippen molar-refractivity contribution in [3.8, 4) is 11.3 Å². The molecule has 5 rings (SSSR count). The molecule has 3 heterocycles. The first-order valence-corrected chi connectivity index (χ1v) is 11.8. The van der Waals surface area contributed by atoms with Crippen LogP contribution in [0.2, 0.25) is 0 Å². The molecule has 0 unspecified atom stereocenters. The first-order chi connectivity index (χ1) is 16.2. The Hall–Kier alpha value is -3.62. The van der Waals surface area contributed by atoms with Gasteiger partial charge in [-0.2, -0.15) is 5.10 Å². The summed E-state index contributed by atoms with van der Waals surface area (Å²) in [6.07, 6.45) is 5.23. The summed E-state index contributed by atoms with van der Waals surface area (Å²) in [5, 5.41) is 19.8. The highest BCUT2D eigenvalue weighted by atomic mass is 16.6. The molecule has 1 aromatic carbocycles. The van der Waals surface area contributed by atoms with Gasteiger partial charge in [0.15, 0.2) is 5.65 Å². The van der Waals surface area contributed by atoms with E-state index in [1.165, 1.54) is 0 Å². The molecule has 4 aromatic rings. The van der Waals surface area contributed by atoms with Gasteiger partial charge in [0, 0.05) is 23.0 Å². The van der Waals surface area contributed by atoms with Crippen LogP contribution in [0.5, 0.6) is 0 Å². The van der Waals surface area contributed by atoms with Crippen LogP contribution in [-0.4, -0.2) is 48.6 Å². The zero-order valence-electron chi connectivity index (χ0n) is 20.1. The van der Waals surface area contributed by atoms with Crippen molar-refractivity contribution in [3.63, 3.8) is 0 Å². The molecular formula is C25H31N7O2. The zero-order valence-corrected chi connectivity index (χ0v) is 20.1. The van der Waals surface area contributed by atoms with E-state index in [4.69, 9.17) is 9.84 Å². The van der Waals surface area contributed by atoms with Crippen molar-refractivity contribution in [2.24, 2.45) is 0 Å². The number of fused-ring (bicyclic) bond motifs is 2. The van der Waals surface area contributed by atoms with Crippen molar-refractivity contribution < 1.29 is 9.53 Å². The number of aromatic nitrogens is 5. The lowest BCUT2D eigenvalue weighted by atomic mass is 9.91. The normalized spacial score (nSPS) is 18.8. The Morgan fingerprint density at radius 2 is 1.88 bits per heavy atom. The number of carbonyl (C=O) groups is 1. The van der Waals surface area contributed by atoms with Crippen molar-refractivity contribution in [1.29, 1.82) is 0 Å². The van der Waals surface area contributed by atoms with Crippen LogP contribution in [0, 0.1) is 6.92 Å². The molecule has 1 aliphatic rings. The van der Waals surface area contributed by atoms with Crippen LogP contribution in [-0.2, 0) is 4.74 Å². The Labute approximate surface area is 198 Å². The highest BCUT2D eigenvalue weighted by molar-refractivity contribution is 5.86. The maximum absolute atomic E-state index is 12.0. The van der Waals surface area contributed by atoms with E-state index in [9.17, 15) is 4.79 Å². The number of rotatable bonds is 4. The molecule has 1 fully saturated rings. The summed E-state index contributed by atoms with van der Waals surface area (Å²) in [7, 11) is 0. The van der Waals surface area contributed by atoms with Crippen LogP contribution in [0.3, 0.4) is 0 Å². The first kappa shape index (κ1) is 22.2. The number of hydrogen-bond acceptors (Lipinski definition) is 6. The Bertz CT molecular complexity index is 1330. The van der Waals surface area contributed by atoms with E-state index >= 15 is 0 Å². The number of amides is 1. The number of aryl methyl sites for hydroxylation is 1. The van der Waals surface area contributed by atoms with E-state index in [1.54, 1.807) is 0 Å². The van der Waals surface area contributed by atoms with Gasteiger partial charge in [-0.05, 0) is 77.6 Å². The number of benzene rings is 1. The maximum Gasteiger partial charge on any atom is 0.407 e.